The predicted molar refractivity (Wildman–Crippen MR) is 255 cm³/mol. The van der Waals surface area contributed by atoms with Crippen molar-refractivity contribution in [3.05, 3.63) is 12.2 Å². The Labute approximate surface area is 368 Å². The summed E-state index contributed by atoms with van der Waals surface area (Å²) in [5, 5.41) is 23.8. The van der Waals surface area contributed by atoms with E-state index >= 15 is 0 Å². The van der Waals surface area contributed by atoms with Crippen LogP contribution in [0.5, 0.6) is 0 Å². The minimum Gasteiger partial charge on any atom is -0.462 e. The molecular formula is C53H103NO5. The largest absolute Gasteiger partial charge is 0.462 e. The number of aliphatic hydroxyl groups excluding tert-OH is 2. The Morgan fingerprint density at radius 1 is 0.475 bits per heavy atom. The third-order valence-corrected chi connectivity index (χ3v) is 12.3. The fraction of sp³-hybridized carbons (Fsp3) is 0.925. The number of amides is 1. The van der Waals surface area contributed by atoms with Crippen LogP contribution in [0, 0.1) is 0 Å². The highest BCUT2D eigenvalue weighted by Crippen LogP contribution is 2.18. The average Bonchev–Trinajstić information content (AvgIpc) is 3.23. The van der Waals surface area contributed by atoms with Gasteiger partial charge in [-0.2, -0.15) is 0 Å². The van der Waals surface area contributed by atoms with Crippen LogP contribution in [0.3, 0.4) is 0 Å². The number of carbonyl (C=O) groups excluding carboxylic acids is 2. The molecule has 0 spiro atoms. The van der Waals surface area contributed by atoms with E-state index in [9.17, 15) is 19.8 Å². The van der Waals surface area contributed by atoms with Gasteiger partial charge in [0.05, 0.1) is 25.2 Å². The van der Waals surface area contributed by atoms with Crippen molar-refractivity contribution in [2.24, 2.45) is 0 Å². The number of rotatable bonds is 48. The van der Waals surface area contributed by atoms with E-state index in [0.29, 0.717) is 19.3 Å². The van der Waals surface area contributed by atoms with Gasteiger partial charge in [-0.05, 0) is 51.4 Å². The van der Waals surface area contributed by atoms with Crippen molar-refractivity contribution in [2.45, 2.75) is 309 Å². The zero-order valence-corrected chi connectivity index (χ0v) is 39.9. The van der Waals surface area contributed by atoms with E-state index in [1.165, 1.54) is 199 Å². The number of hydrogen-bond donors (Lipinski definition) is 3. The monoisotopic (exact) mass is 834 g/mol. The van der Waals surface area contributed by atoms with Crippen LogP contribution in [-0.4, -0.2) is 46.9 Å². The van der Waals surface area contributed by atoms with Gasteiger partial charge in [-0.3, -0.25) is 9.59 Å². The molecule has 0 aromatic carbocycles. The van der Waals surface area contributed by atoms with Gasteiger partial charge in [-0.1, -0.05) is 238 Å². The van der Waals surface area contributed by atoms with Crippen molar-refractivity contribution in [1.29, 1.82) is 0 Å². The summed E-state index contributed by atoms with van der Waals surface area (Å²) in [4.78, 5) is 26.1. The van der Waals surface area contributed by atoms with E-state index in [1.807, 2.05) is 0 Å². The highest BCUT2D eigenvalue weighted by atomic mass is 16.5. The Morgan fingerprint density at radius 2 is 0.814 bits per heavy atom. The number of allylic oxidation sites excluding steroid dienone is 2. The molecule has 0 aliphatic rings. The molecular weight excluding hydrogens is 731 g/mol. The second-order valence-corrected chi connectivity index (χ2v) is 18.3. The Bertz CT molecular complexity index is 893. The maximum absolute atomic E-state index is 13.2. The molecule has 350 valence electrons. The molecule has 0 saturated heterocycles. The van der Waals surface area contributed by atoms with Crippen molar-refractivity contribution in [1.82, 2.24) is 5.32 Å². The molecule has 0 aromatic rings. The maximum atomic E-state index is 13.2. The lowest BCUT2D eigenvalue weighted by Gasteiger charge is -2.24. The van der Waals surface area contributed by atoms with Crippen molar-refractivity contribution >= 4 is 11.9 Å². The first-order valence-electron chi connectivity index (χ1n) is 26.4. The zero-order chi connectivity index (χ0) is 43.1. The van der Waals surface area contributed by atoms with Crippen LogP contribution in [0.2, 0.25) is 0 Å². The highest BCUT2D eigenvalue weighted by molar-refractivity contribution is 5.77. The fourth-order valence-corrected chi connectivity index (χ4v) is 8.31. The number of aliphatic hydroxyl groups is 2. The Kier molecular flexibility index (Phi) is 46.5. The Morgan fingerprint density at radius 3 is 1.22 bits per heavy atom. The van der Waals surface area contributed by atoms with Crippen molar-refractivity contribution in [3.63, 3.8) is 0 Å². The summed E-state index contributed by atoms with van der Waals surface area (Å²) in [7, 11) is 0. The van der Waals surface area contributed by atoms with Crippen molar-refractivity contribution in [3.8, 4) is 0 Å². The molecule has 0 radical (unpaired) electrons. The molecule has 0 rings (SSSR count). The number of ether oxygens (including phenoxy) is 1. The van der Waals surface area contributed by atoms with Crippen molar-refractivity contribution < 1.29 is 24.5 Å². The molecule has 0 bridgehead atoms. The minimum absolute atomic E-state index is 0.0832. The molecule has 6 nitrogen and oxygen atoms in total. The molecule has 0 aromatic heterocycles. The molecule has 3 atom stereocenters. The summed E-state index contributed by atoms with van der Waals surface area (Å²) < 4.78 is 5.94. The summed E-state index contributed by atoms with van der Waals surface area (Å²) in [6.45, 7) is 6.49. The van der Waals surface area contributed by atoms with Crippen LogP contribution in [-0.2, 0) is 14.3 Å². The van der Waals surface area contributed by atoms with E-state index in [4.69, 9.17) is 4.74 Å². The van der Waals surface area contributed by atoms with Crippen LogP contribution < -0.4 is 5.32 Å². The Balaban J connectivity index is 4.53. The SMILES string of the molecule is CCCCCC/C=C\CCCCCCCCCC(=O)OC(CCCCCCCCCCCCCCC)CC(=O)NC(CO)C(O)CCCCCCCCCCCCCC. The third kappa shape index (κ3) is 43.1. The first-order chi connectivity index (χ1) is 29.0. The van der Waals surface area contributed by atoms with Gasteiger partial charge in [0.2, 0.25) is 5.91 Å². The number of nitrogens with one attached hydrogen (secondary N) is 1. The van der Waals surface area contributed by atoms with Gasteiger partial charge in [0.25, 0.3) is 0 Å². The predicted octanol–water partition coefficient (Wildman–Crippen LogP) is 15.7. The van der Waals surface area contributed by atoms with Crippen LogP contribution in [0.25, 0.3) is 0 Å². The molecule has 0 heterocycles. The summed E-state index contributed by atoms with van der Waals surface area (Å²) in [5.74, 6) is -0.461. The van der Waals surface area contributed by atoms with Gasteiger partial charge in [-0.15, -0.1) is 0 Å². The molecule has 1 amide bonds. The zero-order valence-electron chi connectivity index (χ0n) is 39.9. The topological polar surface area (TPSA) is 95.9 Å². The second-order valence-electron chi connectivity index (χ2n) is 18.3. The van der Waals surface area contributed by atoms with Gasteiger partial charge in [0.15, 0.2) is 0 Å². The molecule has 0 aliphatic heterocycles. The molecule has 59 heavy (non-hydrogen) atoms. The molecule has 0 aliphatic carbocycles. The summed E-state index contributed by atoms with van der Waals surface area (Å²) in [6, 6.07) is -0.695. The van der Waals surface area contributed by atoms with Crippen LogP contribution in [0.4, 0.5) is 0 Å². The summed E-state index contributed by atoms with van der Waals surface area (Å²) >= 11 is 0. The van der Waals surface area contributed by atoms with Gasteiger partial charge in [0.1, 0.15) is 6.10 Å². The van der Waals surface area contributed by atoms with Crippen molar-refractivity contribution in [2.75, 3.05) is 6.61 Å². The molecule has 3 N–H and O–H groups in total. The molecule has 0 fully saturated rings. The summed E-state index contributed by atoms with van der Waals surface area (Å²) in [6.07, 6.45) is 52.7. The lowest BCUT2D eigenvalue weighted by Crippen LogP contribution is -2.46. The maximum Gasteiger partial charge on any atom is 0.306 e. The van der Waals surface area contributed by atoms with Gasteiger partial charge >= 0.3 is 5.97 Å². The number of esters is 1. The van der Waals surface area contributed by atoms with Crippen LogP contribution in [0.15, 0.2) is 12.2 Å². The number of carbonyl (C=O) groups is 2. The number of unbranched alkanes of at least 4 members (excludes halogenated alkanes) is 34. The quantitative estimate of drug-likeness (QED) is 0.0322. The second kappa shape index (κ2) is 47.6. The first-order valence-corrected chi connectivity index (χ1v) is 26.4. The molecule has 6 heteroatoms. The highest BCUT2D eigenvalue weighted by Gasteiger charge is 2.24. The Hall–Kier alpha value is -1.40. The van der Waals surface area contributed by atoms with Gasteiger partial charge in [-0.25, -0.2) is 0 Å². The van der Waals surface area contributed by atoms with Gasteiger partial charge < -0.3 is 20.3 Å². The normalized spacial score (nSPS) is 13.2. The smallest absolute Gasteiger partial charge is 0.306 e. The first kappa shape index (κ1) is 57.6. The van der Waals surface area contributed by atoms with E-state index in [1.54, 1.807) is 0 Å². The third-order valence-electron chi connectivity index (χ3n) is 12.3. The van der Waals surface area contributed by atoms with E-state index in [-0.39, 0.29) is 24.9 Å². The lowest BCUT2D eigenvalue weighted by atomic mass is 10.0. The number of hydrogen-bond acceptors (Lipinski definition) is 5. The standard InChI is InChI=1S/C53H103NO5/c1-4-7-10-13-16-19-22-25-26-28-31-34-37-40-43-46-53(58)59-49(44-41-38-35-32-29-27-23-20-17-14-11-8-5-2)47-52(57)54-50(48-55)51(56)45-42-39-36-33-30-24-21-18-15-12-9-6-3/h19,22,49-51,55-56H,4-18,20-21,23-48H2,1-3H3,(H,54,57)/b22-19-. The van der Waals surface area contributed by atoms with E-state index in [2.05, 4.69) is 38.2 Å². The van der Waals surface area contributed by atoms with Gasteiger partial charge in [0, 0.05) is 6.42 Å². The minimum atomic E-state index is -0.781. The fourth-order valence-electron chi connectivity index (χ4n) is 8.31. The van der Waals surface area contributed by atoms with Crippen LogP contribution in [0.1, 0.15) is 290 Å². The molecule has 3 unspecified atom stereocenters. The molecule has 0 saturated carbocycles. The van der Waals surface area contributed by atoms with E-state index in [0.717, 1.165) is 44.9 Å². The summed E-state index contributed by atoms with van der Waals surface area (Å²) in [5.41, 5.74) is 0. The van der Waals surface area contributed by atoms with E-state index < -0.39 is 18.2 Å². The average molecular weight is 834 g/mol. The lowest BCUT2D eigenvalue weighted by molar-refractivity contribution is -0.151. The van der Waals surface area contributed by atoms with Crippen LogP contribution >= 0.6 is 0 Å².